The number of hydrogen-bond donors (Lipinski definition) is 2. The van der Waals surface area contributed by atoms with E-state index in [1.165, 1.54) is 0 Å². The van der Waals surface area contributed by atoms with Crippen molar-refractivity contribution in [2.75, 3.05) is 33.8 Å². The molecule has 1 aliphatic heterocycles. The van der Waals surface area contributed by atoms with E-state index in [0.29, 0.717) is 26.2 Å². The molecule has 174 valence electrons. The van der Waals surface area contributed by atoms with E-state index in [0.717, 1.165) is 45.8 Å². The number of carbonyl (C=O) groups excluding carboxylic acids is 2. The van der Waals surface area contributed by atoms with Crippen LogP contribution in [0.3, 0.4) is 0 Å². The third kappa shape index (κ3) is 5.12. The van der Waals surface area contributed by atoms with Crippen LogP contribution in [0.25, 0.3) is 0 Å². The van der Waals surface area contributed by atoms with Crippen LogP contribution in [0, 0.1) is 27.7 Å². The lowest BCUT2D eigenvalue weighted by Crippen LogP contribution is -2.56. The molecule has 2 aromatic rings. The Morgan fingerprint density at radius 2 is 2.00 bits per heavy atom. The van der Waals surface area contributed by atoms with Gasteiger partial charge in [-0.1, -0.05) is 6.07 Å². The molecule has 0 bridgehead atoms. The zero-order chi connectivity index (χ0) is 23.4. The normalized spacial score (nSPS) is 16.7. The number of piperazine rings is 1. The Labute approximate surface area is 190 Å². The van der Waals surface area contributed by atoms with Gasteiger partial charge in [-0.15, -0.1) is 0 Å². The molecule has 0 aliphatic carbocycles. The van der Waals surface area contributed by atoms with Crippen molar-refractivity contribution in [3.63, 3.8) is 0 Å². The predicted molar refractivity (Wildman–Crippen MR) is 124 cm³/mol. The molecule has 2 N–H and O–H groups in total. The Balaban J connectivity index is 1.67. The summed E-state index contributed by atoms with van der Waals surface area (Å²) in [7, 11) is 3.47. The van der Waals surface area contributed by atoms with Gasteiger partial charge in [-0.3, -0.25) is 19.6 Å². The molecule has 1 aromatic carbocycles. The molecule has 1 atom stereocenters. The Morgan fingerprint density at radius 3 is 2.66 bits per heavy atom. The smallest absolute Gasteiger partial charge is 0.237 e. The van der Waals surface area contributed by atoms with Crippen LogP contribution in [-0.2, 0) is 22.6 Å². The van der Waals surface area contributed by atoms with E-state index in [1.807, 2.05) is 32.9 Å². The maximum Gasteiger partial charge on any atom is 0.237 e. The summed E-state index contributed by atoms with van der Waals surface area (Å²) < 4.78 is 5.42. The van der Waals surface area contributed by atoms with Gasteiger partial charge in [0.1, 0.15) is 5.75 Å². The third-order valence-electron chi connectivity index (χ3n) is 6.66. The molecule has 0 saturated carbocycles. The van der Waals surface area contributed by atoms with Crippen molar-refractivity contribution < 1.29 is 14.3 Å². The molecule has 0 spiro atoms. The van der Waals surface area contributed by atoms with Crippen LogP contribution in [-0.4, -0.2) is 71.6 Å². The molecule has 3 rings (SSSR count). The minimum atomic E-state index is -0.474. The fraction of sp³-hybridized carbons (Fsp3) is 0.542. The van der Waals surface area contributed by atoms with Gasteiger partial charge >= 0.3 is 0 Å². The van der Waals surface area contributed by atoms with Crippen molar-refractivity contribution >= 4 is 11.8 Å². The number of carbonyl (C=O) groups is 2. The number of aryl methyl sites for hydroxylation is 2. The monoisotopic (exact) mass is 441 g/mol. The second-order valence-electron chi connectivity index (χ2n) is 8.64. The van der Waals surface area contributed by atoms with Gasteiger partial charge in [-0.05, 0) is 62.4 Å². The Bertz CT molecular complexity index is 965. The number of ether oxygens (including phenoxy) is 1. The average molecular weight is 442 g/mol. The number of amides is 2. The highest BCUT2D eigenvalue weighted by Gasteiger charge is 2.32. The molecule has 1 aliphatic rings. The lowest BCUT2D eigenvalue weighted by molar-refractivity contribution is -0.138. The van der Waals surface area contributed by atoms with E-state index in [4.69, 9.17) is 4.74 Å². The zero-order valence-corrected chi connectivity index (χ0v) is 20.0. The van der Waals surface area contributed by atoms with Crippen molar-refractivity contribution in [2.24, 2.45) is 0 Å². The highest BCUT2D eigenvalue weighted by atomic mass is 16.5. The summed E-state index contributed by atoms with van der Waals surface area (Å²) in [6, 6.07) is 3.54. The summed E-state index contributed by atoms with van der Waals surface area (Å²) in [5, 5.41) is 10.1. The number of aromatic amines is 1. The van der Waals surface area contributed by atoms with Crippen molar-refractivity contribution in [3.8, 4) is 5.75 Å². The number of nitrogens with zero attached hydrogens (tertiary/aromatic N) is 3. The number of H-pyrrole nitrogens is 1. The van der Waals surface area contributed by atoms with Gasteiger partial charge in [0.15, 0.2) is 0 Å². The van der Waals surface area contributed by atoms with E-state index in [-0.39, 0.29) is 18.2 Å². The molecule has 1 saturated heterocycles. The van der Waals surface area contributed by atoms with Crippen LogP contribution in [0.2, 0.25) is 0 Å². The number of benzene rings is 1. The molecular weight excluding hydrogens is 406 g/mol. The van der Waals surface area contributed by atoms with Gasteiger partial charge in [0.25, 0.3) is 0 Å². The Hall–Kier alpha value is -2.87. The van der Waals surface area contributed by atoms with Crippen molar-refractivity contribution in [1.29, 1.82) is 0 Å². The quantitative estimate of drug-likeness (QED) is 0.654. The van der Waals surface area contributed by atoms with Crippen LogP contribution >= 0.6 is 0 Å². The number of methoxy groups -OCH3 is 1. The molecular formula is C24H35N5O3. The van der Waals surface area contributed by atoms with Crippen LogP contribution in [0.5, 0.6) is 5.75 Å². The summed E-state index contributed by atoms with van der Waals surface area (Å²) in [5.41, 5.74) is 6.55. The first-order valence-corrected chi connectivity index (χ1v) is 11.1. The van der Waals surface area contributed by atoms with Crippen LogP contribution in [0.4, 0.5) is 0 Å². The maximum absolute atomic E-state index is 13.0. The van der Waals surface area contributed by atoms with E-state index < -0.39 is 6.04 Å². The molecule has 8 heteroatoms. The fourth-order valence-corrected chi connectivity index (χ4v) is 4.30. The van der Waals surface area contributed by atoms with Gasteiger partial charge in [0, 0.05) is 38.9 Å². The highest BCUT2D eigenvalue weighted by molar-refractivity contribution is 5.88. The van der Waals surface area contributed by atoms with Gasteiger partial charge < -0.3 is 15.0 Å². The van der Waals surface area contributed by atoms with E-state index in [1.54, 1.807) is 19.1 Å². The summed E-state index contributed by atoms with van der Waals surface area (Å²) in [4.78, 5) is 29.5. The van der Waals surface area contributed by atoms with Crippen molar-refractivity contribution in [1.82, 2.24) is 25.3 Å². The summed E-state index contributed by atoms with van der Waals surface area (Å²) in [5.74, 6) is 0.750. The van der Waals surface area contributed by atoms with Crippen LogP contribution in [0.15, 0.2) is 12.1 Å². The molecule has 2 heterocycles. The summed E-state index contributed by atoms with van der Waals surface area (Å²) >= 11 is 0. The first-order chi connectivity index (χ1) is 15.2. The van der Waals surface area contributed by atoms with Crippen molar-refractivity contribution in [3.05, 3.63) is 45.8 Å². The average Bonchev–Trinajstić information content (AvgIpc) is 3.09. The van der Waals surface area contributed by atoms with Crippen molar-refractivity contribution in [2.45, 2.75) is 53.1 Å². The molecule has 2 amide bonds. The van der Waals surface area contributed by atoms with E-state index in [2.05, 4.69) is 27.3 Å². The summed E-state index contributed by atoms with van der Waals surface area (Å²) in [6.45, 7) is 10.6. The molecule has 1 unspecified atom stereocenters. The number of rotatable bonds is 8. The minimum absolute atomic E-state index is 0.0292. The predicted octanol–water partition coefficient (Wildman–Crippen LogP) is 2.04. The zero-order valence-electron chi connectivity index (χ0n) is 20.0. The van der Waals surface area contributed by atoms with Gasteiger partial charge in [0.05, 0.1) is 25.3 Å². The standard InChI is InChI=1S/C24H35N5O3/c1-15-16(2)22(32-6)8-7-19(15)14-29-12-10-25-24(31)21(29)13-23(30)28(5)11-9-20-17(3)26-27-18(20)4/h7-8,21H,9-14H2,1-6H3,(H,25,31)(H,26,27). The van der Waals surface area contributed by atoms with E-state index in [9.17, 15) is 9.59 Å². The fourth-order valence-electron chi connectivity index (χ4n) is 4.30. The third-order valence-corrected chi connectivity index (χ3v) is 6.66. The lowest BCUT2D eigenvalue weighted by atomic mass is 10.00. The summed E-state index contributed by atoms with van der Waals surface area (Å²) in [6.07, 6.45) is 0.904. The molecule has 0 radical (unpaired) electrons. The first kappa shape index (κ1) is 23.8. The molecule has 8 nitrogen and oxygen atoms in total. The van der Waals surface area contributed by atoms with Gasteiger partial charge in [-0.2, -0.15) is 5.10 Å². The molecule has 32 heavy (non-hydrogen) atoms. The first-order valence-electron chi connectivity index (χ1n) is 11.1. The number of likely N-dealkylation sites (N-methyl/N-ethyl adjacent to an activating group) is 1. The minimum Gasteiger partial charge on any atom is -0.496 e. The van der Waals surface area contributed by atoms with Gasteiger partial charge in [0.2, 0.25) is 11.8 Å². The van der Waals surface area contributed by atoms with E-state index >= 15 is 0 Å². The van der Waals surface area contributed by atoms with Gasteiger partial charge in [-0.25, -0.2) is 0 Å². The lowest BCUT2D eigenvalue weighted by Gasteiger charge is -2.36. The maximum atomic E-state index is 13.0. The number of aromatic nitrogens is 2. The Morgan fingerprint density at radius 1 is 1.25 bits per heavy atom. The second-order valence-corrected chi connectivity index (χ2v) is 8.64. The largest absolute Gasteiger partial charge is 0.496 e. The second kappa shape index (κ2) is 10.2. The SMILES string of the molecule is COc1ccc(CN2CCNC(=O)C2CC(=O)N(C)CCc2c(C)n[nH]c2C)c(C)c1C. The van der Waals surface area contributed by atoms with Crippen LogP contribution in [0.1, 0.15) is 40.1 Å². The number of nitrogens with one attached hydrogen (secondary N) is 2. The number of hydrogen-bond acceptors (Lipinski definition) is 5. The highest BCUT2D eigenvalue weighted by Crippen LogP contribution is 2.26. The van der Waals surface area contributed by atoms with Crippen LogP contribution < -0.4 is 10.1 Å². The topological polar surface area (TPSA) is 90.6 Å². The Kier molecular flexibility index (Phi) is 7.56. The molecule has 1 fully saturated rings. The molecule has 1 aromatic heterocycles.